The van der Waals surface area contributed by atoms with Gasteiger partial charge in [-0.05, 0) is 37.7 Å². The Morgan fingerprint density at radius 3 is 2.74 bits per heavy atom. The van der Waals surface area contributed by atoms with Crippen LogP contribution in [0.3, 0.4) is 0 Å². The summed E-state index contributed by atoms with van der Waals surface area (Å²) in [5.74, 6) is -0.0112. The van der Waals surface area contributed by atoms with Crippen molar-refractivity contribution in [3.8, 4) is 0 Å². The first-order valence-corrected chi connectivity index (χ1v) is 6.35. The molecule has 19 heavy (non-hydrogen) atoms. The van der Waals surface area contributed by atoms with Gasteiger partial charge in [0, 0.05) is 24.1 Å². The van der Waals surface area contributed by atoms with Crippen LogP contribution in [0.25, 0.3) is 0 Å². The number of amides is 1. The number of carbonyl (C=O) groups excluding carboxylic acids is 1. The summed E-state index contributed by atoms with van der Waals surface area (Å²) in [5, 5.41) is 6.03. The van der Waals surface area contributed by atoms with E-state index in [0.29, 0.717) is 6.54 Å². The van der Waals surface area contributed by atoms with Crippen LogP contribution in [0.15, 0.2) is 42.6 Å². The maximum Gasteiger partial charge on any atom is 0.244 e. The van der Waals surface area contributed by atoms with E-state index in [2.05, 4.69) is 10.6 Å². The van der Waals surface area contributed by atoms with E-state index < -0.39 is 0 Å². The minimum atomic E-state index is -0.0112. The maximum atomic E-state index is 12.0. The van der Waals surface area contributed by atoms with Crippen LogP contribution in [0.4, 0.5) is 5.69 Å². The van der Waals surface area contributed by atoms with E-state index in [1.54, 1.807) is 0 Å². The number of carbonyl (C=O) groups is 1. The van der Waals surface area contributed by atoms with E-state index in [9.17, 15) is 4.79 Å². The quantitative estimate of drug-likeness (QED) is 0.862. The number of hydrogen-bond donors (Lipinski definition) is 2. The number of aryl methyl sites for hydroxylation is 1. The zero-order chi connectivity index (χ0) is 13.7. The summed E-state index contributed by atoms with van der Waals surface area (Å²) in [6, 6.07) is 11.7. The van der Waals surface area contributed by atoms with Gasteiger partial charge in [0.1, 0.15) is 6.54 Å². The van der Waals surface area contributed by atoms with Crippen molar-refractivity contribution in [1.29, 1.82) is 0 Å². The Hall–Kier alpha value is -2.07. The standard InChI is InChI=1S/C15H19N3O/c1-12-6-3-4-8-14(12)17-15(19)11-18-9-5-7-13(18)10-16-2/h3-9,16H,10-11H2,1-2H3,(H,17,19). The van der Waals surface area contributed by atoms with Gasteiger partial charge in [-0.1, -0.05) is 18.2 Å². The molecule has 2 aromatic rings. The summed E-state index contributed by atoms with van der Waals surface area (Å²) >= 11 is 0. The molecule has 0 aliphatic heterocycles. The summed E-state index contributed by atoms with van der Waals surface area (Å²) in [5.41, 5.74) is 3.04. The van der Waals surface area contributed by atoms with E-state index in [1.165, 1.54) is 0 Å². The topological polar surface area (TPSA) is 46.1 Å². The second kappa shape index (κ2) is 6.20. The van der Waals surface area contributed by atoms with Crippen molar-refractivity contribution < 1.29 is 4.79 Å². The van der Waals surface area contributed by atoms with E-state index in [-0.39, 0.29) is 5.91 Å². The van der Waals surface area contributed by atoms with Gasteiger partial charge in [-0.3, -0.25) is 4.79 Å². The number of nitrogens with one attached hydrogen (secondary N) is 2. The third kappa shape index (κ3) is 3.45. The highest BCUT2D eigenvalue weighted by Crippen LogP contribution is 2.13. The number of anilines is 1. The molecule has 0 spiro atoms. The van der Waals surface area contributed by atoms with Crippen LogP contribution >= 0.6 is 0 Å². The molecule has 0 bridgehead atoms. The molecule has 0 radical (unpaired) electrons. The van der Waals surface area contributed by atoms with Crippen LogP contribution in [0.1, 0.15) is 11.3 Å². The van der Waals surface area contributed by atoms with Gasteiger partial charge in [0.25, 0.3) is 0 Å². The number of nitrogens with zero attached hydrogens (tertiary/aromatic N) is 1. The zero-order valence-corrected chi connectivity index (χ0v) is 11.3. The predicted molar refractivity (Wildman–Crippen MR) is 77.0 cm³/mol. The Bertz CT molecular complexity index is 560. The lowest BCUT2D eigenvalue weighted by Crippen LogP contribution is -2.21. The third-order valence-corrected chi connectivity index (χ3v) is 3.01. The van der Waals surface area contributed by atoms with Gasteiger partial charge in [0.05, 0.1) is 0 Å². The number of benzene rings is 1. The number of para-hydroxylation sites is 1. The first-order valence-electron chi connectivity index (χ1n) is 6.35. The highest BCUT2D eigenvalue weighted by atomic mass is 16.1. The Labute approximate surface area is 113 Å². The fourth-order valence-electron chi connectivity index (χ4n) is 2.00. The van der Waals surface area contributed by atoms with Crippen molar-refractivity contribution in [1.82, 2.24) is 9.88 Å². The lowest BCUT2D eigenvalue weighted by atomic mass is 10.2. The Morgan fingerprint density at radius 1 is 1.21 bits per heavy atom. The van der Waals surface area contributed by atoms with Crippen LogP contribution in [0.5, 0.6) is 0 Å². The van der Waals surface area contributed by atoms with Crippen LogP contribution in [-0.4, -0.2) is 17.5 Å². The molecule has 1 aromatic heterocycles. The molecule has 1 amide bonds. The van der Waals surface area contributed by atoms with Crippen molar-refractivity contribution in [2.75, 3.05) is 12.4 Å². The summed E-state index contributed by atoms with van der Waals surface area (Å²) in [4.78, 5) is 12.0. The Morgan fingerprint density at radius 2 is 2.00 bits per heavy atom. The summed E-state index contributed by atoms with van der Waals surface area (Å²) in [7, 11) is 1.89. The maximum absolute atomic E-state index is 12.0. The average Bonchev–Trinajstić information content (AvgIpc) is 2.80. The molecule has 2 rings (SSSR count). The molecule has 2 N–H and O–H groups in total. The molecule has 1 heterocycles. The molecule has 0 aliphatic rings. The molecule has 4 nitrogen and oxygen atoms in total. The van der Waals surface area contributed by atoms with Crippen LogP contribution < -0.4 is 10.6 Å². The number of hydrogen-bond acceptors (Lipinski definition) is 2. The zero-order valence-electron chi connectivity index (χ0n) is 11.3. The van der Waals surface area contributed by atoms with Crippen molar-refractivity contribution in [2.45, 2.75) is 20.0 Å². The summed E-state index contributed by atoms with van der Waals surface area (Å²) in [6.45, 7) is 3.07. The molecule has 0 saturated carbocycles. The van der Waals surface area contributed by atoms with Gasteiger partial charge in [0.15, 0.2) is 0 Å². The second-order valence-electron chi connectivity index (χ2n) is 4.52. The van der Waals surface area contributed by atoms with Crippen molar-refractivity contribution >= 4 is 11.6 Å². The molecule has 1 aromatic carbocycles. The molecule has 0 atom stereocenters. The van der Waals surface area contributed by atoms with E-state index in [1.807, 2.05) is 61.1 Å². The highest BCUT2D eigenvalue weighted by molar-refractivity contribution is 5.91. The van der Waals surface area contributed by atoms with Gasteiger partial charge in [-0.2, -0.15) is 0 Å². The monoisotopic (exact) mass is 257 g/mol. The molecular formula is C15H19N3O. The number of rotatable bonds is 5. The smallest absolute Gasteiger partial charge is 0.244 e. The van der Waals surface area contributed by atoms with Gasteiger partial charge < -0.3 is 15.2 Å². The second-order valence-corrected chi connectivity index (χ2v) is 4.52. The lowest BCUT2D eigenvalue weighted by molar-refractivity contribution is -0.116. The molecular weight excluding hydrogens is 238 g/mol. The van der Waals surface area contributed by atoms with Crippen molar-refractivity contribution in [3.63, 3.8) is 0 Å². The fourth-order valence-corrected chi connectivity index (χ4v) is 2.00. The lowest BCUT2D eigenvalue weighted by Gasteiger charge is -2.11. The van der Waals surface area contributed by atoms with E-state index in [0.717, 1.165) is 23.5 Å². The minimum Gasteiger partial charge on any atom is -0.341 e. The molecule has 0 unspecified atom stereocenters. The third-order valence-electron chi connectivity index (χ3n) is 3.01. The Balaban J connectivity index is 2.02. The number of aromatic nitrogens is 1. The van der Waals surface area contributed by atoms with Gasteiger partial charge >= 0.3 is 0 Å². The summed E-state index contributed by atoms with van der Waals surface area (Å²) in [6.07, 6.45) is 1.92. The molecule has 100 valence electrons. The molecule has 0 aliphatic carbocycles. The van der Waals surface area contributed by atoms with Crippen molar-refractivity contribution in [3.05, 3.63) is 53.9 Å². The Kier molecular flexibility index (Phi) is 4.36. The molecule has 0 saturated heterocycles. The van der Waals surface area contributed by atoms with E-state index in [4.69, 9.17) is 0 Å². The van der Waals surface area contributed by atoms with E-state index >= 15 is 0 Å². The largest absolute Gasteiger partial charge is 0.341 e. The average molecular weight is 257 g/mol. The predicted octanol–water partition coefficient (Wildman–Crippen LogP) is 2.15. The van der Waals surface area contributed by atoms with Crippen LogP contribution in [0, 0.1) is 6.92 Å². The molecule has 0 fully saturated rings. The highest BCUT2D eigenvalue weighted by Gasteiger charge is 2.07. The SMILES string of the molecule is CNCc1cccn1CC(=O)Nc1ccccc1C. The van der Waals surface area contributed by atoms with Crippen LogP contribution in [0.2, 0.25) is 0 Å². The first-order chi connectivity index (χ1) is 9.20. The molecule has 4 heteroatoms. The first kappa shape index (κ1) is 13.4. The van der Waals surface area contributed by atoms with Gasteiger partial charge in [0.2, 0.25) is 5.91 Å². The normalized spacial score (nSPS) is 10.4. The van der Waals surface area contributed by atoms with Crippen molar-refractivity contribution in [2.24, 2.45) is 0 Å². The minimum absolute atomic E-state index is 0.0112. The fraction of sp³-hybridized carbons (Fsp3) is 0.267. The van der Waals surface area contributed by atoms with Gasteiger partial charge in [-0.15, -0.1) is 0 Å². The van der Waals surface area contributed by atoms with Crippen LogP contribution in [-0.2, 0) is 17.9 Å². The van der Waals surface area contributed by atoms with Gasteiger partial charge in [-0.25, -0.2) is 0 Å². The summed E-state index contributed by atoms with van der Waals surface area (Å²) < 4.78 is 1.95.